The molecule has 0 saturated heterocycles. The van der Waals surface area contributed by atoms with Crippen molar-refractivity contribution < 1.29 is 15.0 Å². The zero-order valence-electron chi connectivity index (χ0n) is 6.96. The summed E-state index contributed by atoms with van der Waals surface area (Å²) in [5.74, 6) is -0.972. The van der Waals surface area contributed by atoms with E-state index in [9.17, 15) is 4.79 Å². The molecule has 0 atom stereocenters. The van der Waals surface area contributed by atoms with Crippen molar-refractivity contribution in [3.8, 4) is 0 Å². The van der Waals surface area contributed by atoms with Crippen LogP contribution in [0.2, 0.25) is 0 Å². The van der Waals surface area contributed by atoms with Crippen molar-refractivity contribution in [2.75, 3.05) is 0 Å². The largest absolute Gasteiger partial charge is 0.481 e. The molecule has 2 N–H and O–H groups in total. The van der Waals surface area contributed by atoms with Gasteiger partial charge in [0.2, 0.25) is 0 Å². The number of carboxylic acids is 1. The van der Waals surface area contributed by atoms with Crippen LogP contribution < -0.4 is 0 Å². The van der Waals surface area contributed by atoms with Gasteiger partial charge in [0.05, 0.1) is 5.92 Å². The number of carbonyl (C=O) groups is 1. The molecule has 10 heavy (non-hydrogen) atoms. The van der Waals surface area contributed by atoms with Gasteiger partial charge in [0.15, 0.2) is 0 Å². The van der Waals surface area contributed by atoms with Crippen LogP contribution in [-0.2, 0) is 4.79 Å². The molecule has 0 spiro atoms. The fraction of sp³-hybridized carbons (Fsp3) is 0.857. The maximum atomic E-state index is 9.70. The Morgan fingerprint density at radius 1 is 1.20 bits per heavy atom. The van der Waals surface area contributed by atoms with Crippen molar-refractivity contribution >= 4 is 5.97 Å². The van der Waals surface area contributed by atoms with Gasteiger partial charge in [-0.1, -0.05) is 13.8 Å². The highest BCUT2D eigenvalue weighted by molar-refractivity contribution is 5.68. The molecule has 0 heterocycles. The normalized spacial score (nSPS) is 9.10. The molecule has 0 unspecified atom stereocenters. The van der Waals surface area contributed by atoms with Gasteiger partial charge >= 0.3 is 5.97 Å². The summed E-state index contributed by atoms with van der Waals surface area (Å²) in [5.41, 5.74) is 0. The third-order valence-corrected chi connectivity index (χ3v) is 0.494. The molecular weight excluding hydrogens is 132 g/mol. The molecule has 0 aromatic heterocycles. The molecule has 0 aromatic rings. The van der Waals surface area contributed by atoms with E-state index < -0.39 is 5.97 Å². The van der Waals surface area contributed by atoms with Gasteiger partial charge in [0.1, 0.15) is 0 Å². The van der Waals surface area contributed by atoms with Crippen molar-refractivity contribution in [3.63, 3.8) is 0 Å². The van der Waals surface area contributed by atoms with Crippen LogP contribution in [0.25, 0.3) is 0 Å². The predicted molar refractivity (Wildman–Crippen MR) is 39.8 cm³/mol. The zero-order chi connectivity index (χ0) is 8.73. The number of aliphatic carboxylic acids is 1. The van der Waals surface area contributed by atoms with E-state index in [2.05, 4.69) is 0 Å². The van der Waals surface area contributed by atoms with Crippen molar-refractivity contribution in [1.82, 2.24) is 0 Å². The van der Waals surface area contributed by atoms with Gasteiger partial charge in [-0.15, -0.1) is 0 Å². The average Bonchev–Trinajstić information content (AvgIpc) is 1.63. The quantitative estimate of drug-likeness (QED) is 0.585. The SMILES string of the molecule is CC(C)C(=O)O.CC(C)O. The van der Waals surface area contributed by atoms with Gasteiger partial charge in [-0.3, -0.25) is 4.79 Å². The number of hydrogen-bond donors (Lipinski definition) is 2. The summed E-state index contributed by atoms with van der Waals surface area (Å²) in [7, 11) is 0. The smallest absolute Gasteiger partial charge is 0.305 e. The molecule has 0 aliphatic heterocycles. The molecule has 0 fully saturated rings. The Labute approximate surface area is 61.7 Å². The first-order valence-electron chi connectivity index (χ1n) is 3.28. The fourth-order valence-electron chi connectivity index (χ4n) is 0. The van der Waals surface area contributed by atoms with Gasteiger partial charge < -0.3 is 10.2 Å². The van der Waals surface area contributed by atoms with Crippen molar-refractivity contribution in [2.24, 2.45) is 5.92 Å². The van der Waals surface area contributed by atoms with E-state index in [0.29, 0.717) is 0 Å². The Kier molecular flexibility index (Phi) is 7.95. The highest BCUT2D eigenvalue weighted by Gasteiger charge is 1.99. The fourth-order valence-corrected chi connectivity index (χ4v) is 0. The van der Waals surface area contributed by atoms with Crippen LogP contribution in [-0.4, -0.2) is 22.3 Å². The lowest BCUT2D eigenvalue weighted by Gasteiger charge is -1.89. The standard InChI is InChI=1S/C4H8O2.C3H8O/c1-3(2)4(5)6;1-3(2)4/h3H,1-2H3,(H,5,6);3-4H,1-2H3. The first-order chi connectivity index (χ1) is 4.37. The second-order valence-electron chi connectivity index (χ2n) is 2.59. The van der Waals surface area contributed by atoms with E-state index in [1.165, 1.54) is 0 Å². The van der Waals surface area contributed by atoms with Crippen molar-refractivity contribution in [1.29, 1.82) is 0 Å². The molecule has 0 aliphatic carbocycles. The molecule has 3 nitrogen and oxygen atoms in total. The molecule has 0 saturated carbocycles. The highest BCUT2D eigenvalue weighted by atomic mass is 16.4. The van der Waals surface area contributed by atoms with E-state index in [-0.39, 0.29) is 12.0 Å². The van der Waals surface area contributed by atoms with E-state index in [4.69, 9.17) is 10.2 Å². The first-order valence-corrected chi connectivity index (χ1v) is 3.28. The first kappa shape index (κ1) is 12.1. The van der Waals surface area contributed by atoms with Crippen LogP contribution in [0.4, 0.5) is 0 Å². The molecule has 0 amide bonds. The summed E-state index contributed by atoms with van der Waals surface area (Å²) in [6, 6.07) is 0. The Hall–Kier alpha value is -0.570. The topological polar surface area (TPSA) is 57.5 Å². The minimum atomic E-state index is -0.741. The molecule has 0 aromatic carbocycles. The molecule has 0 radical (unpaired) electrons. The van der Waals surface area contributed by atoms with Gasteiger partial charge in [-0.25, -0.2) is 0 Å². The lowest BCUT2D eigenvalue weighted by atomic mass is 10.2. The number of hydrogen-bond acceptors (Lipinski definition) is 2. The average molecular weight is 148 g/mol. The lowest BCUT2D eigenvalue weighted by Crippen LogP contribution is -2.03. The molecular formula is C7H16O3. The van der Waals surface area contributed by atoms with Gasteiger partial charge in [-0.2, -0.15) is 0 Å². The maximum absolute atomic E-state index is 9.70. The van der Waals surface area contributed by atoms with Gasteiger partial charge in [0, 0.05) is 6.10 Å². The van der Waals surface area contributed by atoms with Crippen LogP contribution in [0.15, 0.2) is 0 Å². The molecule has 62 valence electrons. The van der Waals surface area contributed by atoms with Crippen LogP contribution in [0.5, 0.6) is 0 Å². The summed E-state index contributed by atoms with van der Waals surface area (Å²) < 4.78 is 0. The van der Waals surface area contributed by atoms with E-state index in [1.54, 1.807) is 27.7 Å². The van der Waals surface area contributed by atoms with E-state index in [1.807, 2.05) is 0 Å². The number of aliphatic hydroxyl groups is 1. The Balaban J connectivity index is 0. The third-order valence-electron chi connectivity index (χ3n) is 0.494. The Morgan fingerprint density at radius 3 is 1.30 bits per heavy atom. The molecule has 0 rings (SSSR count). The van der Waals surface area contributed by atoms with Crippen molar-refractivity contribution in [3.05, 3.63) is 0 Å². The number of rotatable bonds is 1. The molecule has 3 heteroatoms. The highest BCUT2D eigenvalue weighted by Crippen LogP contribution is 1.87. The van der Waals surface area contributed by atoms with E-state index >= 15 is 0 Å². The monoisotopic (exact) mass is 148 g/mol. The second kappa shape index (κ2) is 6.55. The summed E-state index contributed by atoms with van der Waals surface area (Å²) in [6.07, 6.45) is -0.167. The van der Waals surface area contributed by atoms with Crippen LogP contribution in [0, 0.1) is 5.92 Å². The Bertz CT molecular complexity index is 84.1. The molecule has 0 aliphatic rings. The minimum Gasteiger partial charge on any atom is -0.481 e. The zero-order valence-corrected chi connectivity index (χ0v) is 6.96. The Morgan fingerprint density at radius 2 is 1.30 bits per heavy atom. The number of aliphatic hydroxyl groups excluding tert-OH is 1. The van der Waals surface area contributed by atoms with Gasteiger partial charge in [0.25, 0.3) is 0 Å². The number of carboxylic acid groups (broad SMARTS) is 1. The predicted octanol–water partition coefficient (Wildman–Crippen LogP) is 1.11. The van der Waals surface area contributed by atoms with Gasteiger partial charge in [-0.05, 0) is 13.8 Å². The van der Waals surface area contributed by atoms with Crippen LogP contribution in [0.1, 0.15) is 27.7 Å². The third kappa shape index (κ3) is 26.1. The molecule has 0 bridgehead atoms. The summed E-state index contributed by atoms with van der Waals surface area (Å²) in [5, 5.41) is 16.0. The summed E-state index contributed by atoms with van der Waals surface area (Å²) in [6.45, 7) is 6.73. The maximum Gasteiger partial charge on any atom is 0.305 e. The van der Waals surface area contributed by atoms with E-state index in [0.717, 1.165) is 0 Å². The summed E-state index contributed by atoms with van der Waals surface area (Å²) in [4.78, 5) is 9.70. The minimum absolute atomic E-state index is 0.167. The second-order valence-corrected chi connectivity index (χ2v) is 2.59. The summed E-state index contributed by atoms with van der Waals surface area (Å²) >= 11 is 0. The van der Waals surface area contributed by atoms with Crippen molar-refractivity contribution in [2.45, 2.75) is 33.8 Å². The lowest BCUT2D eigenvalue weighted by molar-refractivity contribution is -0.140. The van der Waals surface area contributed by atoms with Crippen LogP contribution >= 0.6 is 0 Å². The van der Waals surface area contributed by atoms with Crippen LogP contribution in [0.3, 0.4) is 0 Å².